The van der Waals surface area contributed by atoms with Gasteiger partial charge in [-0.15, -0.1) is 0 Å². The molecule has 5 nitrogen and oxygen atoms in total. The Morgan fingerprint density at radius 2 is 1.86 bits per heavy atom. The van der Waals surface area contributed by atoms with Gasteiger partial charge in [0.25, 0.3) is 5.91 Å². The summed E-state index contributed by atoms with van der Waals surface area (Å²) in [4.78, 5) is 14.0. The van der Waals surface area contributed by atoms with Crippen molar-refractivity contribution in [1.82, 2.24) is 4.90 Å². The standard InChI is InChI=1S/C16H19N3O2/c1-19(11-13-5-3-4-6-15(13)21-2)16(20)12-7-9-14(18-17)10-8-12/h3-10,18H,11,17H2,1-2H3. The van der Waals surface area contributed by atoms with Crippen molar-refractivity contribution >= 4 is 11.6 Å². The summed E-state index contributed by atoms with van der Waals surface area (Å²) in [6.07, 6.45) is 0. The smallest absolute Gasteiger partial charge is 0.253 e. The molecule has 2 aromatic carbocycles. The molecule has 110 valence electrons. The van der Waals surface area contributed by atoms with Crippen LogP contribution in [0.3, 0.4) is 0 Å². The average Bonchev–Trinajstić information content (AvgIpc) is 2.54. The van der Waals surface area contributed by atoms with E-state index in [0.29, 0.717) is 12.1 Å². The Balaban J connectivity index is 2.11. The van der Waals surface area contributed by atoms with Crippen LogP contribution < -0.4 is 16.0 Å². The Morgan fingerprint density at radius 3 is 2.48 bits per heavy atom. The zero-order valence-corrected chi connectivity index (χ0v) is 12.2. The predicted octanol–water partition coefficient (Wildman–Crippen LogP) is 2.25. The van der Waals surface area contributed by atoms with E-state index in [1.807, 2.05) is 24.3 Å². The van der Waals surface area contributed by atoms with E-state index in [9.17, 15) is 4.79 Å². The zero-order valence-electron chi connectivity index (χ0n) is 12.2. The Kier molecular flexibility index (Phi) is 4.79. The van der Waals surface area contributed by atoms with Crippen molar-refractivity contribution in [3.05, 3.63) is 59.7 Å². The van der Waals surface area contributed by atoms with Crippen molar-refractivity contribution in [3.8, 4) is 5.75 Å². The topological polar surface area (TPSA) is 67.6 Å². The first-order valence-electron chi connectivity index (χ1n) is 6.59. The van der Waals surface area contributed by atoms with Crippen molar-refractivity contribution in [1.29, 1.82) is 0 Å². The van der Waals surface area contributed by atoms with Crippen LogP contribution in [0, 0.1) is 0 Å². The summed E-state index contributed by atoms with van der Waals surface area (Å²) in [6, 6.07) is 14.7. The third-order valence-corrected chi connectivity index (χ3v) is 3.25. The lowest BCUT2D eigenvalue weighted by molar-refractivity contribution is 0.0784. The van der Waals surface area contributed by atoms with Crippen LogP contribution in [0.5, 0.6) is 5.75 Å². The maximum Gasteiger partial charge on any atom is 0.253 e. The molecular formula is C16H19N3O2. The van der Waals surface area contributed by atoms with Crippen LogP contribution in [0.15, 0.2) is 48.5 Å². The van der Waals surface area contributed by atoms with E-state index in [2.05, 4.69) is 5.43 Å². The molecular weight excluding hydrogens is 266 g/mol. The molecule has 0 fully saturated rings. The van der Waals surface area contributed by atoms with Gasteiger partial charge in [0.1, 0.15) is 5.75 Å². The molecule has 0 radical (unpaired) electrons. The number of ether oxygens (including phenoxy) is 1. The van der Waals surface area contributed by atoms with E-state index in [-0.39, 0.29) is 5.91 Å². The van der Waals surface area contributed by atoms with Crippen molar-refractivity contribution in [3.63, 3.8) is 0 Å². The lowest BCUT2D eigenvalue weighted by atomic mass is 10.1. The molecule has 1 amide bonds. The highest BCUT2D eigenvalue weighted by Crippen LogP contribution is 2.19. The number of anilines is 1. The molecule has 2 aromatic rings. The molecule has 0 aromatic heterocycles. The number of nitrogens with two attached hydrogens (primary N) is 1. The molecule has 0 saturated heterocycles. The maximum absolute atomic E-state index is 12.4. The summed E-state index contributed by atoms with van der Waals surface area (Å²) in [5.41, 5.74) is 4.88. The van der Waals surface area contributed by atoms with Gasteiger partial charge in [-0.25, -0.2) is 0 Å². The zero-order chi connectivity index (χ0) is 15.2. The fourth-order valence-electron chi connectivity index (χ4n) is 2.09. The predicted molar refractivity (Wildman–Crippen MR) is 83.0 cm³/mol. The molecule has 0 spiro atoms. The Bertz CT molecular complexity index is 611. The van der Waals surface area contributed by atoms with Crippen LogP contribution in [0.1, 0.15) is 15.9 Å². The van der Waals surface area contributed by atoms with Gasteiger partial charge in [0.05, 0.1) is 7.11 Å². The molecule has 0 saturated carbocycles. The van der Waals surface area contributed by atoms with Crippen LogP contribution in [0.25, 0.3) is 0 Å². The Labute approximate surface area is 124 Å². The highest BCUT2D eigenvalue weighted by molar-refractivity contribution is 5.94. The molecule has 0 heterocycles. The van der Waals surface area contributed by atoms with Crippen molar-refractivity contribution < 1.29 is 9.53 Å². The number of para-hydroxylation sites is 1. The van der Waals surface area contributed by atoms with Crippen LogP contribution in [-0.2, 0) is 6.54 Å². The number of hydrazine groups is 1. The number of methoxy groups -OCH3 is 1. The normalized spacial score (nSPS) is 10.0. The highest BCUT2D eigenvalue weighted by Gasteiger charge is 2.13. The van der Waals surface area contributed by atoms with Gasteiger partial charge in [-0.2, -0.15) is 0 Å². The monoisotopic (exact) mass is 285 g/mol. The first kappa shape index (κ1) is 14.9. The summed E-state index contributed by atoms with van der Waals surface area (Å²) in [7, 11) is 3.39. The van der Waals surface area contributed by atoms with Crippen molar-refractivity contribution in [2.24, 2.45) is 5.84 Å². The van der Waals surface area contributed by atoms with Crippen LogP contribution in [-0.4, -0.2) is 25.0 Å². The average molecular weight is 285 g/mol. The first-order chi connectivity index (χ1) is 10.2. The van der Waals surface area contributed by atoms with Gasteiger partial charge in [-0.1, -0.05) is 18.2 Å². The molecule has 21 heavy (non-hydrogen) atoms. The quantitative estimate of drug-likeness (QED) is 0.653. The first-order valence-corrected chi connectivity index (χ1v) is 6.59. The summed E-state index contributed by atoms with van der Waals surface area (Å²) in [5, 5.41) is 0. The summed E-state index contributed by atoms with van der Waals surface area (Å²) >= 11 is 0. The van der Waals surface area contributed by atoms with E-state index in [1.165, 1.54) is 0 Å². The van der Waals surface area contributed by atoms with Crippen molar-refractivity contribution in [2.45, 2.75) is 6.54 Å². The number of rotatable bonds is 5. The minimum atomic E-state index is -0.0514. The number of nitrogen functional groups attached to an aromatic ring is 1. The van der Waals surface area contributed by atoms with E-state index >= 15 is 0 Å². The highest BCUT2D eigenvalue weighted by atomic mass is 16.5. The number of hydrogen-bond acceptors (Lipinski definition) is 4. The minimum Gasteiger partial charge on any atom is -0.496 e. The van der Waals surface area contributed by atoms with Crippen LogP contribution in [0.2, 0.25) is 0 Å². The van der Waals surface area contributed by atoms with Crippen LogP contribution >= 0.6 is 0 Å². The molecule has 0 aliphatic carbocycles. The number of amides is 1. The third-order valence-electron chi connectivity index (χ3n) is 3.25. The Hall–Kier alpha value is -2.53. The number of benzene rings is 2. The summed E-state index contributed by atoms with van der Waals surface area (Å²) in [5.74, 6) is 6.04. The number of hydrogen-bond donors (Lipinski definition) is 2. The summed E-state index contributed by atoms with van der Waals surface area (Å²) in [6.45, 7) is 0.486. The van der Waals surface area contributed by atoms with E-state index in [1.54, 1.807) is 43.3 Å². The van der Waals surface area contributed by atoms with E-state index in [0.717, 1.165) is 17.0 Å². The summed E-state index contributed by atoms with van der Waals surface area (Å²) < 4.78 is 5.30. The molecule has 0 bridgehead atoms. The fourth-order valence-corrected chi connectivity index (χ4v) is 2.09. The second-order valence-electron chi connectivity index (χ2n) is 4.69. The second-order valence-corrected chi connectivity index (χ2v) is 4.69. The van der Waals surface area contributed by atoms with Gasteiger partial charge in [-0.3, -0.25) is 10.6 Å². The number of nitrogens with zero attached hydrogens (tertiary/aromatic N) is 1. The van der Waals surface area contributed by atoms with Gasteiger partial charge in [0.15, 0.2) is 0 Å². The SMILES string of the molecule is COc1ccccc1CN(C)C(=O)c1ccc(NN)cc1. The fraction of sp³-hybridized carbons (Fsp3) is 0.188. The van der Waals surface area contributed by atoms with Crippen LogP contribution in [0.4, 0.5) is 5.69 Å². The lowest BCUT2D eigenvalue weighted by Gasteiger charge is -2.19. The van der Waals surface area contributed by atoms with Gasteiger partial charge >= 0.3 is 0 Å². The third kappa shape index (κ3) is 3.52. The van der Waals surface area contributed by atoms with E-state index < -0.39 is 0 Å². The maximum atomic E-state index is 12.4. The number of carbonyl (C=O) groups is 1. The van der Waals surface area contributed by atoms with Crippen molar-refractivity contribution in [2.75, 3.05) is 19.6 Å². The molecule has 0 aliphatic heterocycles. The molecule has 0 atom stereocenters. The molecule has 5 heteroatoms. The Morgan fingerprint density at radius 1 is 1.19 bits per heavy atom. The number of nitrogens with one attached hydrogen (secondary N) is 1. The second kappa shape index (κ2) is 6.76. The van der Waals surface area contributed by atoms with Gasteiger partial charge in [0.2, 0.25) is 0 Å². The van der Waals surface area contributed by atoms with Gasteiger partial charge in [0, 0.05) is 30.4 Å². The molecule has 0 unspecified atom stereocenters. The largest absolute Gasteiger partial charge is 0.496 e. The lowest BCUT2D eigenvalue weighted by Crippen LogP contribution is -2.26. The minimum absolute atomic E-state index is 0.0514. The molecule has 0 aliphatic rings. The van der Waals surface area contributed by atoms with Gasteiger partial charge in [-0.05, 0) is 30.3 Å². The number of carbonyl (C=O) groups excluding carboxylic acids is 1. The van der Waals surface area contributed by atoms with Gasteiger partial charge < -0.3 is 15.1 Å². The molecule has 3 N–H and O–H groups in total. The van der Waals surface area contributed by atoms with E-state index in [4.69, 9.17) is 10.6 Å². The molecule has 2 rings (SSSR count).